The zero-order valence-electron chi connectivity index (χ0n) is 16.3. The van der Waals surface area contributed by atoms with Crippen LogP contribution in [0.1, 0.15) is 6.92 Å². The second kappa shape index (κ2) is 7.64. The third-order valence-electron chi connectivity index (χ3n) is 4.58. The number of aromatic nitrogens is 4. The Hall–Kier alpha value is -3.66. The molecule has 0 aliphatic rings. The van der Waals surface area contributed by atoms with Crippen molar-refractivity contribution < 1.29 is 13.2 Å². The second-order valence-electron chi connectivity index (χ2n) is 6.59. The summed E-state index contributed by atoms with van der Waals surface area (Å²) in [6.45, 7) is 1.56. The monoisotopic (exact) mass is 425 g/mol. The van der Waals surface area contributed by atoms with Gasteiger partial charge in [0.05, 0.1) is 16.7 Å². The number of sulfonamides is 1. The number of aromatic amines is 1. The van der Waals surface area contributed by atoms with Gasteiger partial charge in [0.2, 0.25) is 15.9 Å². The van der Waals surface area contributed by atoms with Gasteiger partial charge in [-0.1, -0.05) is 0 Å². The highest BCUT2D eigenvalue weighted by molar-refractivity contribution is 7.92. The van der Waals surface area contributed by atoms with Crippen LogP contribution >= 0.6 is 0 Å². The van der Waals surface area contributed by atoms with E-state index in [1.54, 1.807) is 62.9 Å². The number of anilines is 1. The van der Waals surface area contributed by atoms with Gasteiger partial charge in [0.1, 0.15) is 12.1 Å². The van der Waals surface area contributed by atoms with E-state index in [0.29, 0.717) is 39.3 Å². The van der Waals surface area contributed by atoms with Crippen LogP contribution in [0.5, 0.6) is 11.6 Å². The van der Waals surface area contributed by atoms with Gasteiger partial charge in [0, 0.05) is 48.5 Å². The number of aryl methyl sites for hydroxylation is 1. The lowest BCUT2D eigenvalue weighted by atomic mass is 10.0. The summed E-state index contributed by atoms with van der Waals surface area (Å²) in [5.74, 6) is 0.728. The first kappa shape index (κ1) is 19.6. The van der Waals surface area contributed by atoms with E-state index in [0.717, 1.165) is 0 Å². The largest absolute Gasteiger partial charge is 0.438 e. The summed E-state index contributed by atoms with van der Waals surface area (Å²) in [5, 5.41) is 0.516. The van der Waals surface area contributed by atoms with Crippen LogP contribution in [-0.2, 0) is 17.1 Å². The topological polar surface area (TPSA) is 119 Å². The molecule has 0 spiro atoms. The number of ether oxygens (including phenoxy) is 1. The van der Waals surface area contributed by atoms with Gasteiger partial charge < -0.3 is 14.3 Å². The van der Waals surface area contributed by atoms with Crippen molar-refractivity contribution in [1.29, 1.82) is 0 Å². The van der Waals surface area contributed by atoms with E-state index < -0.39 is 10.0 Å². The van der Waals surface area contributed by atoms with Crippen molar-refractivity contribution >= 4 is 26.6 Å². The lowest BCUT2D eigenvalue weighted by Crippen LogP contribution is -2.16. The van der Waals surface area contributed by atoms with Crippen molar-refractivity contribution in [2.75, 3.05) is 10.5 Å². The van der Waals surface area contributed by atoms with Crippen molar-refractivity contribution in [3.05, 3.63) is 65.6 Å². The van der Waals surface area contributed by atoms with Crippen LogP contribution in [0.4, 0.5) is 5.69 Å². The van der Waals surface area contributed by atoms with Crippen molar-refractivity contribution in [3.8, 4) is 22.8 Å². The Morgan fingerprint density at radius 2 is 2.03 bits per heavy atom. The minimum Gasteiger partial charge on any atom is -0.438 e. The molecule has 0 amide bonds. The molecule has 9 nitrogen and oxygen atoms in total. The van der Waals surface area contributed by atoms with Gasteiger partial charge in [-0.2, -0.15) is 0 Å². The molecule has 0 atom stereocenters. The molecule has 0 bridgehead atoms. The van der Waals surface area contributed by atoms with E-state index in [2.05, 4.69) is 19.7 Å². The van der Waals surface area contributed by atoms with Gasteiger partial charge in [-0.15, -0.1) is 0 Å². The number of nitrogens with one attached hydrogen (secondary N) is 2. The second-order valence-corrected chi connectivity index (χ2v) is 8.60. The summed E-state index contributed by atoms with van der Waals surface area (Å²) in [4.78, 5) is 23.5. The number of pyridine rings is 1. The van der Waals surface area contributed by atoms with Crippen LogP contribution in [0.15, 0.2) is 60.0 Å². The van der Waals surface area contributed by atoms with E-state index >= 15 is 0 Å². The fourth-order valence-corrected chi connectivity index (χ4v) is 3.71. The molecule has 30 heavy (non-hydrogen) atoms. The highest BCUT2D eigenvalue weighted by Crippen LogP contribution is 2.37. The van der Waals surface area contributed by atoms with Crippen molar-refractivity contribution in [2.45, 2.75) is 6.92 Å². The molecule has 0 radical (unpaired) electrons. The zero-order valence-corrected chi connectivity index (χ0v) is 17.1. The summed E-state index contributed by atoms with van der Waals surface area (Å²) in [7, 11) is -1.80. The molecule has 4 rings (SSSR count). The first-order valence-electron chi connectivity index (χ1n) is 9.13. The molecule has 3 aromatic heterocycles. The fraction of sp³-hybridized carbons (Fsp3) is 0.150. The van der Waals surface area contributed by atoms with Crippen LogP contribution in [-0.4, -0.2) is 33.7 Å². The van der Waals surface area contributed by atoms with Crippen LogP contribution in [0, 0.1) is 0 Å². The molecule has 0 unspecified atom stereocenters. The number of nitrogens with zero attached hydrogens (tertiary/aromatic N) is 3. The van der Waals surface area contributed by atoms with Gasteiger partial charge >= 0.3 is 0 Å². The quantitative estimate of drug-likeness (QED) is 0.490. The molecular weight excluding hydrogens is 406 g/mol. The van der Waals surface area contributed by atoms with Crippen molar-refractivity contribution in [2.24, 2.45) is 7.05 Å². The first-order chi connectivity index (χ1) is 14.4. The Balaban J connectivity index is 1.92. The SMILES string of the molecule is CCS(=O)(=O)Nc1ccc(Oc2ccncn2)c(-c2cn(C)c(=O)c3cc[nH]c23)c1. The zero-order chi connectivity index (χ0) is 21.3. The number of benzene rings is 1. The first-order valence-corrected chi connectivity index (χ1v) is 10.8. The van der Waals surface area contributed by atoms with Gasteiger partial charge in [-0.3, -0.25) is 9.52 Å². The van der Waals surface area contributed by atoms with E-state index in [1.807, 2.05) is 0 Å². The van der Waals surface area contributed by atoms with Gasteiger partial charge in [0.15, 0.2) is 0 Å². The molecule has 154 valence electrons. The summed E-state index contributed by atoms with van der Waals surface area (Å²) in [6.07, 6.45) is 6.29. The van der Waals surface area contributed by atoms with E-state index in [9.17, 15) is 13.2 Å². The number of hydrogen-bond acceptors (Lipinski definition) is 6. The van der Waals surface area contributed by atoms with Crippen LogP contribution < -0.4 is 15.0 Å². The maximum absolute atomic E-state index is 12.4. The third-order valence-corrected chi connectivity index (χ3v) is 5.89. The molecule has 0 saturated carbocycles. The van der Waals surface area contributed by atoms with Crippen molar-refractivity contribution in [1.82, 2.24) is 19.5 Å². The van der Waals surface area contributed by atoms with Crippen LogP contribution in [0.2, 0.25) is 0 Å². The fourth-order valence-electron chi connectivity index (χ4n) is 3.08. The number of hydrogen-bond donors (Lipinski definition) is 2. The summed E-state index contributed by atoms with van der Waals surface area (Å²) >= 11 is 0. The van der Waals surface area contributed by atoms with Crippen LogP contribution in [0.25, 0.3) is 22.0 Å². The van der Waals surface area contributed by atoms with E-state index in [-0.39, 0.29) is 11.3 Å². The Labute approximate surface area is 172 Å². The summed E-state index contributed by atoms with van der Waals surface area (Å²) < 4.78 is 34.1. The normalized spacial score (nSPS) is 11.5. The predicted octanol–water partition coefficient (Wildman–Crippen LogP) is 2.88. The average Bonchev–Trinajstić information content (AvgIpc) is 3.23. The average molecular weight is 425 g/mol. The number of H-pyrrole nitrogens is 1. The van der Waals surface area contributed by atoms with Crippen molar-refractivity contribution in [3.63, 3.8) is 0 Å². The molecule has 3 heterocycles. The maximum atomic E-state index is 12.4. The van der Waals surface area contributed by atoms with Gasteiger partial charge in [-0.25, -0.2) is 18.4 Å². The molecule has 0 fully saturated rings. The molecular formula is C20H19N5O4S. The molecule has 0 saturated heterocycles. The molecule has 2 N–H and O–H groups in total. The number of rotatable bonds is 6. The lowest BCUT2D eigenvalue weighted by molar-refractivity contribution is 0.463. The standard InChI is InChI=1S/C20H19N5O4S/c1-3-30(27,28)24-13-4-5-17(29-18-7-8-21-12-23-18)15(10-13)16-11-25(2)20(26)14-6-9-22-19(14)16/h4-12,22,24H,3H2,1-2H3. The highest BCUT2D eigenvalue weighted by atomic mass is 32.2. The Morgan fingerprint density at radius 1 is 1.20 bits per heavy atom. The molecule has 4 aromatic rings. The van der Waals surface area contributed by atoms with Gasteiger partial charge in [-0.05, 0) is 31.2 Å². The molecule has 0 aliphatic heterocycles. The smallest absolute Gasteiger partial charge is 0.259 e. The van der Waals surface area contributed by atoms with E-state index in [1.165, 1.54) is 10.9 Å². The third kappa shape index (κ3) is 3.77. The Bertz CT molecular complexity index is 1380. The maximum Gasteiger partial charge on any atom is 0.259 e. The minimum atomic E-state index is -3.46. The minimum absolute atomic E-state index is 0.0533. The molecule has 10 heteroatoms. The predicted molar refractivity (Wildman–Crippen MR) is 114 cm³/mol. The Kier molecular flexibility index (Phi) is 5.00. The molecule has 0 aliphatic carbocycles. The van der Waals surface area contributed by atoms with Gasteiger partial charge in [0.25, 0.3) is 5.56 Å². The summed E-state index contributed by atoms with van der Waals surface area (Å²) in [5.41, 5.74) is 2.14. The van der Waals surface area contributed by atoms with E-state index in [4.69, 9.17) is 4.74 Å². The number of fused-ring (bicyclic) bond motifs is 1. The Morgan fingerprint density at radius 3 is 2.77 bits per heavy atom. The highest BCUT2D eigenvalue weighted by Gasteiger charge is 2.17. The lowest BCUT2D eigenvalue weighted by Gasteiger charge is -2.15. The molecule has 1 aromatic carbocycles. The van der Waals surface area contributed by atoms with Crippen LogP contribution in [0.3, 0.4) is 0 Å². The summed E-state index contributed by atoms with van der Waals surface area (Å²) in [6, 6.07) is 8.26.